The molecule has 1 heterocycles. The van der Waals surface area contributed by atoms with E-state index in [9.17, 15) is 0 Å². The van der Waals surface area contributed by atoms with E-state index in [1.54, 1.807) is 0 Å². The minimum Gasteiger partial charge on any atom is -0.310 e. The highest BCUT2D eigenvalue weighted by molar-refractivity contribution is 7.99. The van der Waals surface area contributed by atoms with Gasteiger partial charge in [0.2, 0.25) is 0 Å². The lowest BCUT2D eigenvalue weighted by molar-refractivity contribution is 0.722. The molecule has 1 spiro atoms. The van der Waals surface area contributed by atoms with Crippen molar-refractivity contribution < 1.29 is 0 Å². The smallest absolute Gasteiger partial charge is 0.0736 e. The maximum atomic E-state index is 2.48. The van der Waals surface area contributed by atoms with Crippen molar-refractivity contribution in [2.24, 2.45) is 0 Å². The van der Waals surface area contributed by atoms with Gasteiger partial charge in [-0.1, -0.05) is 145 Å². The number of benzene rings is 8. The predicted octanol–water partition coefficient (Wildman–Crippen LogP) is 12.8. The third-order valence-corrected chi connectivity index (χ3v) is 12.0. The van der Waals surface area contributed by atoms with E-state index in [0.717, 1.165) is 11.4 Å². The van der Waals surface area contributed by atoms with Crippen LogP contribution in [0.3, 0.4) is 0 Å². The fourth-order valence-electron chi connectivity index (χ4n) is 8.99. The van der Waals surface area contributed by atoms with Crippen LogP contribution in [0.15, 0.2) is 186 Å². The number of rotatable bonds is 3. The van der Waals surface area contributed by atoms with Gasteiger partial charge in [0.25, 0.3) is 0 Å². The molecule has 3 aliphatic rings. The highest BCUT2D eigenvalue weighted by Gasteiger charge is 2.51. The van der Waals surface area contributed by atoms with Crippen molar-refractivity contribution in [1.82, 2.24) is 0 Å². The van der Waals surface area contributed by atoms with Gasteiger partial charge >= 0.3 is 0 Å². The molecule has 0 radical (unpaired) electrons. The van der Waals surface area contributed by atoms with Crippen LogP contribution < -0.4 is 4.90 Å². The van der Waals surface area contributed by atoms with E-state index in [1.807, 2.05) is 11.8 Å². The second-order valence-corrected chi connectivity index (χ2v) is 14.3. The summed E-state index contributed by atoms with van der Waals surface area (Å²) in [6.07, 6.45) is 0. The van der Waals surface area contributed by atoms with Gasteiger partial charge in [-0.15, -0.1) is 0 Å². The molecule has 1 nitrogen and oxygen atoms in total. The number of hydrogen-bond donors (Lipinski definition) is 0. The molecule has 228 valence electrons. The summed E-state index contributed by atoms with van der Waals surface area (Å²) in [6, 6.07) is 65.5. The molecule has 49 heavy (non-hydrogen) atoms. The highest BCUT2D eigenvalue weighted by Crippen LogP contribution is 2.64. The molecule has 0 aromatic heterocycles. The zero-order chi connectivity index (χ0) is 32.1. The van der Waals surface area contributed by atoms with Crippen LogP contribution in [0.1, 0.15) is 22.3 Å². The molecular formula is C47H29NS. The molecule has 0 unspecified atom stereocenters. The van der Waals surface area contributed by atoms with E-state index >= 15 is 0 Å². The second-order valence-electron chi connectivity index (χ2n) is 13.2. The van der Waals surface area contributed by atoms with Gasteiger partial charge in [-0.05, 0) is 103 Å². The lowest BCUT2D eigenvalue weighted by Gasteiger charge is -2.39. The Morgan fingerprint density at radius 1 is 0.388 bits per heavy atom. The normalized spacial score (nSPS) is 13.8. The van der Waals surface area contributed by atoms with Gasteiger partial charge in [-0.3, -0.25) is 0 Å². The Hall–Kier alpha value is -5.83. The molecule has 1 aliphatic heterocycles. The van der Waals surface area contributed by atoms with Crippen LogP contribution in [0, 0.1) is 0 Å². The summed E-state index contributed by atoms with van der Waals surface area (Å²) in [5.41, 5.74) is 16.3. The lowest BCUT2D eigenvalue weighted by atomic mass is 9.67. The Morgan fingerprint density at radius 3 is 1.73 bits per heavy atom. The fraction of sp³-hybridized carbons (Fsp3) is 0.0213. The number of hydrogen-bond acceptors (Lipinski definition) is 2. The second kappa shape index (κ2) is 10.1. The molecule has 8 aromatic rings. The van der Waals surface area contributed by atoms with E-state index in [4.69, 9.17) is 0 Å². The van der Waals surface area contributed by atoms with Crippen LogP contribution in [-0.4, -0.2) is 0 Å². The van der Waals surface area contributed by atoms with Gasteiger partial charge in [-0.2, -0.15) is 0 Å². The number of fused-ring (bicyclic) bond motifs is 12. The largest absolute Gasteiger partial charge is 0.310 e. The van der Waals surface area contributed by atoms with Gasteiger partial charge < -0.3 is 4.90 Å². The number of nitrogens with zero attached hydrogens (tertiary/aromatic N) is 1. The Kier molecular flexibility index (Phi) is 5.59. The molecule has 0 bridgehead atoms. The molecule has 0 atom stereocenters. The van der Waals surface area contributed by atoms with Gasteiger partial charge in [0.15, 0.2) is 0 Å². The topological polar surface area (TPSA) is 3.24 Å². The Balaban J connectivity index is 1.21. The molecule has 0 fully saturated rings. The molecular weight excluding hydrogens is 611 g/mol. The van der Waals surface area contributed by atoms with Crippen LogP contribution >= 0.6 is 11.8 Å². The monoisotopic (exact) mass is 639 g/mol. The summed E-state index contributed by atoms with van der Waals surface area (Å²) in [6.45, 7) is 0. The van der Waals surface area contributed by atoms with Crippen molar-refractivity contribution in [2.75, 3.05) is 4.90 Å². The van der Waals surface area contributed by atoms with E-state index < -0.39 is 5.41 Å². The maximum Gasteiger partial charge on any atom is 0.0736 e. The summed E-state index contributed by atoms with van der Waals surface area (Å²) < 4.78 is 0. The Bertz CT molecular complexity index is 2600. The first kappa shape index (κ1) is 27.2. The van der Waals surface area contributed by atoms with Crippen molar-refractivity contribution in [2.45, 2.75) is 15.2 Å². The first-order chi connectivity index (χ1) is 24.3. The van der Waals surface area contributed by atoms with Gasteiger partial charge in [-0.25, -0.2) is 0 Å². The van der Waals surface area contributed by atoms with Crippen molar-refractivity contribution in [3.63, 3.8) is 0 Å². The minimum atomic E-state index is -0.419. The van der Waals surface area contributed by atoms with Crippen molar-refractivity contribution in [3.8, 4) is 33.4 Å². The SMILES string of the molecule is c1ccc(N(c2ccc3c(c2)-c2cccc4cccc-3c24)c2cccc3c2-c2ccccc2C32c3ccccc3Sc3ccccc32)cc1. The zero-order valence-corrected chi connectivity index (χ0v) is 27.4. The summed E-state index contributed by atoms with van der Waals surface area (Å²) in [5, 5.41) is 2.65. The quantitative estimate of drug-likeness (QED) is 0.189. The third-order valence-electron chi connectivity index (χ3n) is 10.9. The fourth-order valence-corrected chi connectivity index (χ4v) is 10.2. The molecule has 2 heteroatoms. The highest BCUT2D eigenvalue weighted by atomic mass is 32.2. The summed E-state index contributed by atoms with van der Waals surface area (Å²) in [4.78, 5) is 5.12. The molecule has 0 N–H and O–H groups in total. The summed E-state index contributed by atoms with van der Waals surface area (Å²) in [7, 11) is 0. The third kappa shape index (κ3) is 3.56. The summed E-state index contributed by atoms with van der Waals surface area (Å²) in [5.74, 6) is 0. The van der Waals surface area contributed by atoms with Crippen molar-refractivity contribution in [1.29, 1.82) is 0 Å². The molecule has 0 saturated carbocycles. The molecule has 0 saturated heterocycles. The van der Waals surface area contributed by atoms with Gasteiger partial charge in [0.1, 0.15) is 0 Å². The van der Waals surface area contributed by atoms with Crippen LogP contribution in [0.2, 0.25) is 0 Å². The number of anilines is 3. The minimum absolute atomic E-state index is 0.419. The predicted molar refractivity (Wildman–Crippen MR) is 204 cm³/mol. The molecule has 8 aromatic carbocycles. The lowest BCUT2D eigenvalue weighted by Crippen LogP contribution is -2.32. The zero-order valence-electron chi connectivity index (χ0n) is 26.6. The standard InChI is InChI=1S/C47H29NS/c1-2-15-31(16-3-1)48(32-27-28-33-34-18-10-13-30-14-11-19-35(45(30)34)37(33)29-32)42-24-12-23-41-46(42)36-17-4-5-20-38(36)47(41)39-21-6-8-25-43(39)49-44-26-9-7-22-40(44)47/h1-29H. The Morgan fingerprint density at radius 2 is 0.980 bits per heavy atom. The molecule has 11 rings (SSSR count). The van der Waals surface area contributed by atoms with Crippen molar-refractivity contribution in [3.05, 3.63) is 198 Å². The molecule has 0 amide bonds. The summed E-state index contributed by atoms with van der Waals surface area (Å²) >= 11 is 1.89. The first-order valence-electron chi connectivity index (χ1n) is 16.9. The van der Waals surface area contributed by atoms with Gasteiger partial charge in [0, 0.05) is 26.7 Å². The van der Waals surface area contributed by atoms with Crippen LogP contribution in [0.5, 0.6) is 0 Å². The van der Waals surface area contributed by atoms with Crippen LogP contribution in [0.4, 0.5) is 17.1 Å². The van der Waals surface area contributed by atoms with E-state index in [1.165, 1.54) is 81.9 Å². The average Bonchev–Trinajstić information content (AvgIpc) is 3.65. The average molecular weight is 640 g/mol. The Labute approximate surface area is 290 Å². The van der Waals surface area contributed by atoms with E-state index in [-0.39, 0.29) is 0 Å². The van der Waals surface area contributed by atoms with Crippen LogP contribution in [-0.2, 0) is 5.41 Å². The number of para-hydroxylation sites is 1. The van der Waals surface area contributed by atoms with E-state index in [0.29, 0.717) is 0 Å². The van der Waals surface area contributed by atoms with Gasteiger partial charge in [0.05, 0.1) is 11.1 Å². The molecule has 2 aliphatic carbocycles. The first-order valence-corrected chi connectivity index (χ1v) is 17.8. The maximum absolute atomic E-state index is 2.48. The van der Waals surface area contributed by atoms with Crippen molar-refractivity contribution >= 4 is 39.6 Å². The van der Waals surface area contributed by atoms with Crippen LogP contribution in [0.25, 0.3) is 44.2 Å². The van der Waals surface area contributed by atoms with E-state index in [2.05, 4.69) is 181 Å².